The van der Waals surface area contributed by atoms with Crippen LogP contribution in [0.2, 0.25) is 0 Å². The van der Waals surface area contributed by atoms with Gasteiger partial charge in [-0.1, -0.05) is 31.0 Å². The van der Waals surface area contributed by atoms with Gasteiger partial charge in [-0.05, 0) is 32.7 Å². The summed E-state index contributed by atoms with van der Waals surface area (Å²) in [6, 6.07) is 1.19. The van der Waals surface area contributed by atoms with Gasteiger partial charge in [-0.25, -0.2) is 0 Å². The van der Waals surface area contributed by atoms with Gasteiger partial charge in [-0.15, -0.1) is 0 Å². The third-order valence-electron chi connectivity index (χ3n) is 2.94. The van der Waals surface area contributed by atoms with Crippen molar-refractivity contribution in [3.63, 3.8) is 0 Å². The molecule has 2 N–H and O–H groups in total. The number of nitrogens with one attached hydrogen (secondary N) is 2. The monoisotopic (exact) mass is 230 g/mol. The molecule has 15 heavy (non-hydrogen) atoms. The number of rotatable bonds is 5. The SMILES string of the molecule is C=C(Cl)CNC(C)CC1CCCCCN1. The molecule has 1 heterocycles. The van der Waals surface area contributed by atoms with Crippen molar-refractivity contribution >= 4 is 11.6 Å². The Morgan fingerprint density at radius 1 is 1.53 bits per heavy atom. The molecule has 0 aromatic rings. The second kappa shape index (κ2) is 7.26. The Bertz CT molecular complexity index is 186. The van der Waals surface area contributed by atoms with Crippen LogP contribution in [0, 0.1) is 0 Å². The van der Waals surface area contributed by atoms with Gasteiger partial charge in [-0.3, -0.25) is 0 Å². The van der Waals surface area contributed by atoms with Crippen LogP contribution < -0.4 is 10.6 Å². The third-order valence-corrected chi connectivity index (χ3v) is 3.08. The van der Waals surface area contributed by atoms with Crippen LogP contribution in [0.15, 0.2) is 11.6 Å². The predicted octanol–water partition coefficient (Wildman–Crippen LogP) is 2.64. The summed E-state index contributed by atoms with van der Waals surface area (Å²) in [7, 11) is 0. The molecule has 1 aliphatic heterocycles. The average Bonchev–Trinajstić information content (AvgIpc) is 2.43. The molecule has 0 amide bonds. The van der Waals surface area contributed by atoms with Crippen LogP contribution in [-0.2, 0) is 0 Å². The standard InChI is InChI=1S/C12H23ClN2/c1-10(13)9-15-11(2)8-12-6-4-3-5-7-14-12/h11-12,14-15H,1,3-9H2,2H3. The van der Waals surface area contributed by atoms with Crippen molar-refractivity contribution in [1.82, 2.24) is 10.6 Å². The second-order valence-electron chi connectivity index (χ2n) is 4.54. The van der Waals surface area contributed by atoms with Crippen LogP contribution in [-0.4, -0.2) is 25.2 Å². The summed E-state index contributed by atoms with van der Waals surface area (Å²) in [5.74, 6) is 0. The molecule has 0 bridgehead atoms. The van der Waals surface area contributed by atoms with Gasteiger partial charge in [-0.2, -0.15) is 0 Å². The van der Waals surface area contributed by atoms with Crippen molar-refractivity contribution in [2.24, 2.45) is 0 Å². The molecule has 0 radical (unpaired) electrons. The lowest BCUT2D eigenvalue weighted by Crippen LogP contribution is -2.37. The second-order valence-corrected chi connectivity index (χ2v) is 5.07. The van der Waals surface area contributed by atoms with E-state index >= 15 is 0 Å². The summed E-state index contributed by atoms with van der Waals surface area (Å²) in [6.07, 6.45) is 6.57. The summed E-state index contributed by atoms with van der Waals surface area (Å²) < 4.78 is 0. The average molecular weight is 231 g/mol. The Balaban J connectivity index is 2.17. The third kappa shape index (κ3) is 6.18. The summed E-state index contributed by atoms with van der Waals surface area (Å²) >= 11 is 5.72. The molecule has 88 valence electrons. The maximum atomic E-state index is 5.72. The maximum absolute atomic E-state index is 5.72. The van der Waals surface area contributed by atoms with E-state index in [1.807, 2.05) is 0 Å². The molecule has 1 rings (SSSR count). The molecule has 2 nitrogen and oxygen atoms in total. The molecule has 2 atom stereocenters. The highest BCUT2D eigenvalue weighted by Crippen LogP contribution is 2.12. The van der Waals surface area contributed by atoms with Crippen LogP contribution in [0.3, 0.4) is 0 Å². The zero-order valence-electron chi connectivity index (χ0n) is 9.69. The van der Waals surface area contributed by atoms with Crippen LogP contribution in [0.5, 0.6) is 0 Å². The minimum Gasteiger partial charge on any atom is -0.314 e. The molecule has 0 aromatic carbocycles. The van der Waals surface area contributed by atoms with Crippen LogP contribution in [0.1, 0.15) is 39.0 Å². The number of halogens is 1. The van der Waals surface area contributed by atoms with Gasteiger partial charge in [0.05, 0.1) is 0 Å². The number of hydrogen-bond acceptors (Lipinski definition) is 2. The lowest BCUT2D eigenvalue weighted by molar-refractivity contribution is 0.411. The number of hydrogen-bond donors (Lipinski definition) is 2. The van der Waals surface area contributed by atoms with E-state index in [1.165, 1.54) is 38.6 Å². The fourth-order valence-electron chi connectivity index (χ4n) is 2.10. The first kappa shape index (κ1) is 13.0. The topological polar surface area (TPSA) is 24.1 Å². The molecule has 3 heteroatoms. The van der Waals surface area contributed by atoms with Crippen molar-refractivity contribution in [3.8, 4) is 0 Å². The van der Waals surface area contributed by atoms with E-state index in [0.717, 1.165) is 6.54 Å². The Kier molecular flexibility index (Phi) is 6.30. The highest BCUT2D eigenvalue weighted by Gasteiger charge is 2.14. The van der Waals surface area contributed by atoms with Crippen molar-refractivity contribution in [1.29, 1.82) is 0 Å². The first-order valence-electron chi connectivity index (χ1n) is 5.98. The summed E-state index contributed by atoms with van der Waals surface area (Å²) in [4.78, 5) is 0. The van der Waals surface area contributed by atoms with Gasteiger partial charge in [0.1, 0.15) is 0 Å². The quantitative estimate of drug-likeness (QED) is 0.759. The van der Waals surface area contributed by atoms with E-state index in [4.69, 9.17) is 11.6 Å². The Morgan fingerprint density at radius 2 is 2.33 bits per heavy atom. The molecule has 0 aliphatic carbocycles. The molecule has 1 saturated heterocycles. The van der Waals surface area contributed by atoms with Gasteiger partial charge in [0.25, 0.3) is 0 Å². The summed E-state index contributed by atoms with van der Waals surface area (Å²) in [6.45, 7) is 7.79. The van der Waals surface area contributed by atoms with E-state index in [1.54, 1.807) is 0 Å². The zero-order valence-corrected chi connectivity index (χ0v) is 10.4. The van der Waals surface area contributed by atoms with E-state index in [-0.39, 0.29) is 0 Å². The normalized spacial score (nSPS) is 24.5. The molecule has 1 aliphatic rings. The van der Waals surface area contributed by atoms with Crippen molar-refractivity contribution in [3.05, 3.63) is 11.6 Å². The molecular formula is C12H23ClN2. The van der Waals surface area contributed by atoms with Crippen LogP contribution in [0.4, 0.5) is 0 Å². The van der Waals surface area contributed by atoms with Crippen LogP contribution in [0.25, 0.3) is 0 Å². The molecule has 1 fully saturated rings. The molecule has 0 aromatic heterocycles. The molecule has 0 saturated carbocycles. The van der Waals surface area contributed by atoms with Crippen molar-refractivity contribution in [2.75, 3.05) is 13.1 Å². The lowest BCUT2D eigenvalue weighted by Gasteiger charge is -2.21. The van der Waals surface area contributed by atoms with Gasteiger partial charge in [0.15, 0.2) is 0 Å². The first-order valence-corrected chi connectivity index (χ1v) is 6.36. The van der Waals surface area contributed by atoms with Gasteiger partial charge in [0.2, 0.25) is 0 Å². The Labute approximate surface area is 98.5 Å². The molecular weight excluding hydrogens is 208 g/mol. The fourth-order valence-corrected chi connectivity index (χ4v) is 2.17. The van der Waals surface area contributed by atoms with E-state index in [2.05, 4.69) is 24.1 Å². The van der Waals surface area contributed by atoms with E-state index < -0.39 is 0 Å². The predicted molar refractivity (Wildman–Crippen MR) is 67.3 cm³/mol. The Hall–Kier alpha value is -0.0500. The molecule has 0 spiro atoms. The minimum absolute atomic E-state index is 0.510. The van der Waals surface area contributed by atoms with Crippen molar-refractivity contribution in [2.45, 2.75) is 51.1 Å². The first-order chi connectivity index (χ1) is 7.18. The van der Waals surface area contributed by atoms with Crippen LogP contribution >= 0.6 is 11.6 Å². The highest BCUT2D eigenvalue weighted by atomic mass is 35.5. The lowest BCUT2D eigenvalue weighted by atomic mass is 10.0. The van der Waals surface area contributed by atoms with Gasteiger partial charge >= 0.3 is 0 Å². The summed E-state index contributed by atoms with van der Waals surface area (Å²) in [5, 5.41) is 7.67. The molecule has 2 unspecified atom stereocenters. The van der Waals surface area contributed by atoms with Crippen molar-refractivity contribution < 1.29 is 0 Å². The van der Waals surface area contributed by atoms with E-state index in [9.17, 15) is 0 Å². The van der Waals surface area contributed by atoms with Gasteiger partial charge in [0, 0.05) is 23.7 Å². The zero-order chi connectivity index (χ0) is 11.1. The maximum Gasteiger partial charge on any atom is 0.0309 e. The largest absolute Gasteiger partial charge is 0.314 e. The fraction of sp³-hybridized carbons (Fsp3) is 0.833. The van der Waals surface area contributed by atoms with Gasteiger partial charge < -0.3 is 10.6 Å². The minimum atomic E-state index is 0.510. The highest BCUT2D eigenvalue weighted by molar-refractivity contribution is 6.29. The smallest absolute Gasteiger partial charge is 0.0309 e. The Morgan fingerprint density at radius 3 is 3.07 bits per heavy atom. The summed E-state index contributed by atoms with van der Waals surface area (Å²) in [5.41, 5.74) is 0. The van der Waals surface area contributed by atoms with E-state index in [0.29, 0.717) is 17.1 Å².